The molecule has 5 heteroatoms. The highest BCUT2D eigenvalue weighted by Gasteiger charge is 2.05. The van der Waals surface area contributed by atoms with E-state index in [1.807, 2.05) is 36.4 Å². The number of nitrogens with zero attached hydrogens (tertiary/aromatic N) is 2. The molecule has 0 unspecified atom stereocenters. The van der Waals surface area contributed by atoms with Crippen LogP contribution in [0.1, 0.15) is 19.4 Å². The van der Waals surface area contributed by atoms with E-state index in [4.69, 9.17) is 0 Å². The molecule has 0 spiro atoms. The second-order valence-corrected chi connectivity index (χ2v) is 6.49. The third-order valence-corrected chi connectivity index (χ3v) is 4.52. The van der Waals surface area contributed by atoms with Gasteiger partial charge >= 0.3 is 0 Å². The number of anilines is 4. The number of aromatic nitrogens is 1. The van der Waals surface area contributed by atoms with E-state index in [1.54, 1.807) is 12.3 Å². The number of nitrogens with one attached hydrogen (secondary N) is 2. The Hall–Kier alpha value is -3.34. The first-order valence-electron chi connectivity index (χ1n) is 9.59. The van der Waals surface area contributed by atoms with Crippen LogP contribution in [0, 0.1) is 0 Å². The summed E-state index contributed by atoms with van der Waals surface area (Å²) < 4.78 is 0. The molecule has 1 heterocycles. The molecule has 0 saturated heterocycles. The minimum Gasteiger partial charge on any atom is -0.372 e. The zero-order chi connectivity index (χ0) is 19.8. The van der Waals surface area contributed by atoms with Gasteiger partial charge in [-0.25, -0.2) is 4.98 Å². The summed E-state index contributed by atoms with van der Waals surface area (Å²) in [6.45, 7) is 6.29. The molecular formula is C23H26N4O. The molecule has 2 N–H and O–H groups in total. The molecule has 28 heavy (non-hydrogen) atoms. The molecule has 0 fully saturated rings. The summed E-state index contributed by atoms with van der Waals surface area (Å²) in [4.78, 5) is 18.8. The van der Waals surface area contributed by atoms with Crippen molar-refractivity contribution < 1.29 is 4.79 Å². The molecule has 2 aromatic carbocycles. The van der Waals surface area contributed by atoms with Crippen LogP contribution < -0.4 is 15.5 Å². The van der Waals surface area contributed by atoms with E-state index in [-0.39, 0.29) is 5.91 Å². The van der Waals surface area contributed by atoms with Crippen LogP contribution in [0.25, 0.3) is 0 Å². The number of hydrogen-bond acceptors (Lipinski definition) is 4. The number of rotatable bonds is 8. The van der Waals surface area contributed by atoms with Gasteiger partial charge in [0.05, 0.1) is 18.3 Å². The average Bonchev–Trinajstić information content (AvgIpc) is 2.72. The summed E-state index contributed by atoms with van der Waals surface area (Å²) in [7, 11) is 0. The maximum Gasteiger partial charge on any atom is 0.229 e. The molecule has 1 amide bonds. The van der Waals surface area contributed by atoms with Gasteiger partial charge in [0.15, 0.2) is 0 Å². The summed E-state index contributed by atoms with van der Waals surface area (Å²) in [5, 5.41) is 6.16. The molecule has 3 rings (SSSR count). The number of amides is 1. The Morgan fingerprint density at radius 1 is 0.893 bits per heavy atom. The van der Waals surface area contributed by atoms with Gasteiger partial charge in [0.2, 0.25) is 5.91 Å². The quantitative estimate of drug-likeness (QED) is 0.592. The second-order valence-electron chi connectivity index (χ2n) is 6.49. The van der Waals surface area contributed by atoms with Crippen molar-refractivity contribution in [3.63, 3.8) is 0 Å². The zero-order valence-corrected chi connectivity index (χ0v) is 16.4. The molecule has 0 atom stereocenters. The van der Waals surface area contributed by atoms with Crippen molar-refractivity contribution in [2.45, 2.75) is 20.3 Å². The number of carbonyl (C=O) groups excluding carboxylic acids is 1. The molecule has 0 radical (unpaired) electrons. The number of hydrogen-bond donors (Lipinski definition) is 2. The van der Waals surface area contributed by atoms with Gasteiger partial charge in [0.25, 0.3) is 0 Å². The molecule has 0 aliphatic carbocycles. The van der Waals surface area contributed by atoms with Crippen LogP contribution in [0.2, 0.25) is 0 Å². The topological polar surface area (TPSA) is 57.3 Å². The van der Waals surface area contributed by atoms with Gasteiger partial charge in [0, 0.05) is 24.5 Å². The summed E-state index contributed by atoms with van der Waals surface area (Å²) in [5.74, 6) is 0.467. The summed E-state index contributed by atoms with van der Waals surface area (Å²) in [6.07, 6.45) is 2.05. The molecule has 0 aliphatic heterocycles. The van der Waals surface area contributed by atoms with E-state index >= 15 is 0 Å². The van der Waals surface area contributed by atoms with Crippen LogP contribution in [0.4, 0.5) is 22.9 Å². The third-order valence-electron chi connectivity index (χ3n) is 4.52. The monoisotopic (exact) mass is 374 g/mol. The SMILES string of the molecule is CCN(CC)c1ccc(Nc2ccc(NC(=O)Cc3ccccc3)nc2)cc1. The Bertz CT molecular complexity index is 873. The van der Waals surface area contributed by atoms with Crippen LogP contribution in [-0.2, 0) is 11.2 Å². The highest BCUT2D eigenvalue weighted by atomic mass is 16.1. The fourth-order valence-corrected chi connectivity index (χ4v) is 3.02. The normalized spacial score (nSPS) is 10.4. The van der Waals surface area contributed by atoms with Crippen LogP contribution in [0.3, 0.4) is 0 Å². The summed E-state index contributed by atoms with van der Waals surface area (Å²) in [5.41, 5.74) is 4.06. The van der Waals surface area contributed by atoms with Crippen LogP contribution in [0.5, 0.6) is 0 Å². The number of benzene rings is 2. The van der Waals surface area contributed by atoms with Gasteiger partial charge in [-0.1, -0.05) is 30.3 Å². The van der Waals surface area contributed by atoms with E-state index in [9.17, 15) is 4.79 Å². The fraction of sp³-hybridized carbons (Fsp3) is 0.217. The van der Waals surface area contributed by atoms with Crippen molar-refractivity contribution >= 4 is 28.8 Å². The van der Waals surface area contributed by atoms with Crippen molar-refractivity contribution in [3.8, 4) is 0 Å². The van der Waals surface area contributed by atoms with Gasteiger partial charge in [-0.2, -0.15) is 0 Å². The van der Waals surface area contributed by atoms with Gasteiger partial charge in [-0.3, -0.25) is 4.79 Å². The van der Waals surface area contributed by atoms with Crippen LogP contribution >= 0.6 is 0 Å². The first-order valence-corrected chi connectivity index (χ1v) is 9.59. The van der Waals surface area contributed by atoms with Crippen molar-refractivity contribution in [1.29, 1.82) is 0 Å². The second kappa shape index (κ2) is 9.55. The number of pyridine rings is 1. The molecule has 1 aromatic heterocycles. The lowest BCUT2D eigenvalue weighted by Gasteiger charge is -2.21. The Morgan fingerprint density at radius 2 is 1.57 bits per heavy atom. The molecule has 0 bridgehead atoms. The smallest absolute Gasteiger partial charge is 0.229 e. The molecule has 0 saturated carbocycles. The highest BCUT2D eigenvalue weighted by molar-refractivity contribution is 5.91. The Kier molecular flexibility index (Phi) is 6.63. The summed E-state index contributed by atoms with van der Waals surface area (Å²) in [6, 6.07) is 21.7. The number of carbonyl (C=O) groups is 1. The van der Waals surface area contributed by atoms with Crippen molar-refractivity contribution in [3.05, 3.63) is 78.5 Å². The lowest BCUT2D eigenvalue weighted by molar-refractivity contribution is -0.115. The van der Waals surface area contributed by atoms with Crippen LogP contribution in [0.15, 0.2) is 72.9 Å². The first-order chi connectivity index (χ1) is 13.7. The van der Waals surface area contributed by atoms with E-state index in [1.165, 1.54) is 5.69 Å². The first kappa shape index (κ1) is 19.4. The van der Waals surface area contributed by atoms with Gasteiger partial charge < -0.3 is 15.5 Å². The minimum absolute atomic E-state index is 0.0774. The van der Waals surface area contributed by atoms with Gasteiger partial charge in [-0.15, -0.1) is 0 Å². The van der Waals surface area contributed by atoms with E-state index in [2.05, 4.69) is 58.6 Å². The molecule has 3 aromatic rings. The lowest BCUT2D eigenvalue weighted by atomic mass is 10.1. The zero-order valence-electron chi connectivity index (χ0n) is 16.4. The average molecular weight is 374 g/mol. The lowest BCUT2D eigenvalue weighted by Crippen LogP contribution is -2.21. The van der Waals surface area contributed by atoms with Crippen LogP contribution in [-0.4, -0.2) is 24.0 Å². The largest absolute Gasteiger partial charge is 0.372 e. The predicted octanol–water partition coefficient (Wildman–Crippen LogP) is 4.85. The Balaban J connectivity index is 1.56. The molecule has 0 aliphatic rings. The van der Waals surface area contributed by atoms with E-state index < -0.39 is 0 Å². The minimum atomic E-state index is -0.0774. The van der Waals surface area contributed by atoms with Gasteiger partial charge in [0.1, 0.15) is 5.82 Å². The van der Waals surface area contributed by atoms with Crippen molar-refractivity contribution in [2.24, 2.45) is 0 Å². The predicted molar refractivity (Wildman–Crippen MR) is 116 cm³/mol. The highest BCUT2D eigenvalue weighted by Crippen LogP contribution is 2.21. The van der Waals surface area contributed by atoms with E-state index in [0.717, 1.165) is 30.0 Å². The third kappa shape index (κ3) is 5.33. The molecular weight excluding hydrogens is 348 g/mol. The van der Waals surface area contributed by atoms with Crippen molar-refractivity contribution in [2.75, 3.05) is 28.6 Å². The molecule has 5 nitrogen and oxygen atoms in total. The Labute approximate surface area is 166 Å². The van der Waals surface area contributed by atoms with Crippen molar-refractivity contribution in [1.82, 2.24) is 4.98 Å². The van der Waals surface area contributed by atoms with E-state index in [0.29, 0.717) is 12.2 Å². The maximum absolute atomic E-state index is 12.1. The summed E-state index contributed by atoms with van der Waals surface area (Å²) >= 11 is 0. The Morgan fingerprint density at radius 3 is 2.18 bits per heavy atom. The molecule has 144 valence electrons. The standard InChI is InChI=1S/C23H26N4O/c1-3-27(4-2)21-13-10-19(11-14-21)25-20-12-15-22(24-17-20)26-23(28)16-18-8-6-5-7-9-18/h5-15,17,25H,3-4,16H2,1-2H3,(H,24,26,28). The maximum atomic E-state index is 12.1. The fourth-order valence-electron chi connectivity index (χ4n) is 3.02. The van der Waals surface area contributed by atoms with Gasteiger partial charge in [-0.05, 0) is 55.8 Å².